The fourth-order valence-corrected chi connectivity index (χ4v) is 4.76. The zero-order valence-electron chi connectivity index (χ0n) is 20.5. The Morgan fingerprint density at radius 3 is 1.28 bits per heavy atom. The third-order valence-corrected chi connectivity index (χ3v) is 5.38. The highest BCUT2D eigenvalue weighted by atomic mass is 15.0. The van der Waals surface area contributed by atoms with Gasteiger partial charge in [0.2, 0.25) is 0 Å². The molecule has 4 aromatic rings. The van der Waals surface area contributed by atoms with E-state index >= 15 is 0 Å². The summed E-state index contributed by atoms with van der Waals surface area (Å²) in [5, 5.41) is 8.30. The second-order valence-corrected chi connectivity index (χ2v) is 9.44. The van der Waals surface area contributed by atoms with E-state index in [4.69, 9.17) is 0 Å². The van der Waals surface area contributed by atoms with Gasteiger partial charge >= 0.3 is 0 Å². The molecule has 0 bridgehead atoms. The summed E-state index contributed by atoms with van der Waals surface area (Å²) in [6, 6.07) is 15.9. The molecule has 0 saturated heterocycles. The largest absolute Gasteiger partial charge is 0.200 e. The van der Waals surface area contributed by atoms with Crippen molar-refractivity contribution in [2.75, 3.05) is 0 Å². The maximum absolute atomic E-state index is 2.46. The van der Waals surface area contributed by atoms with E-state index in [1.54, 1.807) is 0 Å². The van der Waals surface area contributed by atoms with Gasteiger partial charge in [0.25, 0.3) is 0 Å². The highest BCUT2D eigenvalue weighted by Crippen LogP contribution is 2.41. The van der Waals surface area contributed by atoms with Crippen LogP contribution < -0.4 is 4.57 Å². The van der Waals surface area contributed by atoms with E-state index < -0.39 is 0 Å². The monoisotopic (exact) mass is 390 g/mol. The van der Waals surface area contributed by atoms with Gasteiger partial charge in [-0.05, 0) is 28.3 Å². The summed E-state index contributed by atoms with van der Waals surface area (Å²) in [5.41, 5.74) is 3.00. The number of hydrogen-bond donors (Lipinski definition) is 0. The van der Waals surface area contributed by atoms with Crippen LogP contribution in [0, 0.1) is 0 Å². The molecule has 0 saturated carbocycles. The SMILES string of the molecule is CC.CC.C[n+]1c(C(C)(C)C)c2ccc3cccc4ccc(c1C(C)(C)C)c2c34. The molecule has 0 amide bonds. The van der Waals surface area contributed by atoms with Crippen molar-refractivity contribution in [1.29, 1.82) is 0 Å². The van der Waals surface area contributed by atoms with Crippen molar-refractivity contribution in [2.24, 2.45) is 7.05 Å². The minimum absolute atomic E-state index is 0.0804. The average Bonchev–Trinajstić information content (AvgIpc) is 2.66. The lowest BCUT2D eigenvalue weighted by Crippen LogP contribution is -2.47. The van der Waals surface area contributed by atoms with Gasteiger partial charge < -0.3 is 0 Å². The number of benzene rings is 3. The van der Waals surface area contributed by atoms with E-state index in [2.05, 4.69) is 95.6 Å². The van der Waals surface area contributed by atoms with Crippen LogP contribution in [0.1, 0.15) is 80.6 Å². The molecule has 0 aliphatic carbocycles. The van der Waals surface area contributed by atoms with Crippen LogP contribution in [0.25, 0.3) is 32.3 Å². The molecule has 1 heteroatoms. The lowest BCUT2D eigenvalue weighted by atomic mass is 9.80. The third kappa shape index (κ3) is 3.84. The third-order valence-electron chi connectivity index (χ3n) is 5.38. The van der Waals surface area contributed by atoms with Gasteiger partial charge in [0.05, 0.1) is 10.8 Å². The van der Waals surface area contributed by atoms with Gasteiger partial charge in [-0.15, -0.1) is 0 Å². The van der Waals surface area contributed by atoms with Crippen molar-refractivity contribution < 1.29 is 4.57 Å². The van der Waals surface area contributed by atoms with E-state index in [0.717, 1.165) is 0 Å². The molecule has 0 unspecified atom stereocenters. The first kappa shape index (κ1) is 23.1. The first-order valence-electron chi connectivity index (χ1n) is 11.2. The standard InChI is InChI=1S/C24H28N.2C2H6/c1-23(2,3)21-17-13-11-15-9-8-10-16-12-14-18(20(17)19(15)16)22(25(21)7)24(4,5)6;2*1-2/h8-14H,1-7H3;2*1-2H3/q+1;;. The number of aromatic nitrogens is 1. The number of rotatable bonds is 0. The Hall–Kier alpha value is -2.15. The molecule has 4 rings (SSSR count). The van der Waals surface area contributed by atoms with Crippen LogP contribution in [0.15, 0.2) is 42.5 Å². The molecular weight excluding hydrogens is 350 g/mol. The second-order valence-electron chi connectivity index (χ2n) is 9.44. The molecule has 0 aliphatic heterocycles. The smallest absolute Gasteiger partial charge is 0.194 e. The Kier molecular flexibility index (Phi) is 6.62. The molecule has 0 fully saturated rings. The maximum Gasteiger partial charge on any atom is 0.194 e. The van der Waals surface area contributed by atoms with Crippen LogP contribution in [0.2, 0.25) is 0 Å². The first-order valence-corrected chi connectivity index (χ1v) is 11.2. The van der Waals surface area contributed by atoms with Gasteiger partial charge in [-0.2, -0.15) is 0 Å². The van der Waals surface area contributed by atoms with Gasteiger partial charge in [-0.25, -0.2) is 4.57 Å². The minimum atomic E-state index is 0.0804. The van der Waals surface area contributed by atoms with E-state index in [1.807, 2.05) is 27.7 Å². The number of nitrogens with zero attached hydrogens (tertiary/aromatic N) is 1. The van der Waals surface area contributed by atoms with Gasteiger partial charge in [0.1, 0.15) is 7.05 Å². The molecule has 1 nitrogen and oxygen atoms in total. The van der Waals surface area contributed by atoms with Gasteiger partial charge in [0.15, 0.2) is 11.4 Å². The Balaban J connectivity index is 0.000000707. The Morgan fingerprint density at radius 1 is 0.552 bits per heavy atom. The summed E-state index contributed by atoms with van der Waals surface area (Å²) < 4.78 is 2.46. The normalized spacial score (nSPS) is 12.0. The molecule has 0 atom stereocenters. The van der Waals surface area contributed by atoms with Gasteiger partial charge in [-0.3, -0.25) is 0 Å². The summed E-state index contributed by atoms with van der Waals surface area (Å²) in [6.45, 7) is 21.9. The topological polar surface area (TPSA) is 3.88 Å². The average molecular weight is 391 g/mol. The van der Waals surface area contributed by atoms with Crippen molar-refractivity contribution in [3.8, 4) is 0 Å². The van der Waals surface area contributed by atoms with E-state index in [9.17, 15) is 0 Å². The van der Waals surface area contributed by atoms with Crippen molar-refractivity contribution in [3.05, 3.63) is 53.9 Å². The van der Waals surface area contributed by atoms with E-state index in [0.29, 0.717) is 0 Å². The van der Waals surface area contributed by atoms with Crippen molar-refractivity contribution in [3.63, 3.8) is 0 Å². The molecule has 1 heterocycles. The number of hydrogen-bond acceptors (Lipinski definition) is 0. The molecule has 156 valence electrons. The summed E-state index contributed by atoms with van der Waals surface area (Å²) >= 11 is 0. The molecule has 3 aromatic carbocycles. The molecule has 0 aliphatic rings. The van der Waals surface area contributed by atoms with E-state index in [-0.39, 0.29) is 10.8 Å². The quantitative estimate of drug-likeness (QED) is 0.211. The molecular formula is C28H40N+. The van der Waals surface area contributed by atoms with Crippen molar-refractivity contribution in [1.82, 2.24) is 0 Å². The predicted molar refractivity (Wildman–Crippen MR) is 131 cm³/mol. The highest BCUT2D eigenvalue weighted by molar-refractivity contribution is 6.23. The molecule has 0 radical (unpaired) electrons. The zero-order valence-corrected chi connectivity index (χ0v) is 20.5. The van der Waals surface area contributed by atoms with E-state index in [1.165, 1.54) is 43.7 Å². The lowest BCUT2D eigenvalue weighted by molar-refractivity contribution is -0.690. The van der Waals surface area contributed by atoms with Crippen LogP contribution in [0.3, 0.4) is 0 Å². The molecule has 1 aromatic heterocycles. The first-order chi connectivity index (χ1) is 13.6. The molecule has 0 spiro atoms. The van der Waals surface area contributed by atoms with Gasteiger partial charge in [0, 0.05) is 16.2 Å². The predicted octanol–water partition coefficient (Wildman–Crippen LogP) is 8.06. The van der Waals surface area contributed by atoms with Crippen LogP contribution in [0.5, 0.6) is 0 Å². The Morgan fingerprint density at radius 2 is 0.931 bits per heavy atom. The highest BCUT2D eigenvalue weighted by Gasteiger charge is 2.36. The summed E-state index contributed by atoms with van der Waals surface area (Å²) in [4.78, 5) is 0. The van der Waals surface area contributed by atoms with Crippen LogP contribution in [0.4, 0.5) is 0 Å². The van der Waals surface area contributed by atoms with Gasteiger partial charge in [-0.1, -0.05) is 99.6 Å². The summed E-state index contributed by atoms with van der Waals surface area (Å²) in [5.74, 6) is 0. The fraction of sp³-hybridized carbons (Fsp3) is 0.464. The molecule has 29 heavy (non-hydrogen) atoms. The molecule has 0 N–H and O–H groups in total. The Bertz CT molecular complexity index is 1020. The number of pyridine rings is 1. The maximum atomic E-state index is 2.46. The Labute approximate surface area is 178 Å². The van der Waals surface area contributed by atoms with Crippen LogP contribution in [-0.4, -0.2) is 0 Å². The fourth-order valence-electron chi connectivity index (χ4n) is 4.76. The van der Waals surface area contributed by atoms with Crippen molar-refractivity contribution >= 4 is 32.3 Å². The minimum Gasteiger partial charge on any atom is -0.200 e. The lowest BCUT2D eigenvalue weighted by Gasteiger charge is -2.26. The zero-order chi connectivity index (χ0) is 22.1. The van der Waals surface area contributed by atoms with Crippen LogP contribution >= 0.6 is 0 Å². The summed E-state index contributed by atoms with van der Waals surface area (Å²) in [6.07, 6.45) is 0. The van der Waals surface area contributed by atoms with Crippen LogP contribution in [-0.2, 0) is 17.9 Å². The second kappa shape index (κ2) is 8.30. The summed E-state index contributed by atoms with van der Waals surface area (Å²) in [7, 11) is 2.25. The van der Waals surface area contributed by atoms with Crippen molar-refractivity contribution in [2.45, 2.75) is 80.1 Å².